The molecule has 1 fully saturated rings. The smallest absolute Gasteiger partial charge is 0.226 e. The van der Waals surface area contributed by atoms with Crippen LogP contribution in [0.2, 0.25) is 0 Å². The van der Waals surface area contributed by atoms with Crippen molar-refractivity contribution in [2.24, 2.45) is 0 Å². The van der Waals surface area contributed by atoms with E-state index in [2.05, 4.69) is 13.8 Å². The Labute approximate surface area is 120 Å². The van der Waals surface area contributed by atoms with Crippen LogP contribution in [0, 0.1) is 0 Å². The second-order valence-corrected chi connectivity index (χ2v) is 5.60. The van der Waals surface area contributed by atoms with Crippen LogP contribution in [0.25, 0.3) is 0 Å². The van der Waals surface area contributed by atoms with E-state index in [0.717, 1.165) is 18.6 Å². The van der Waals surface area contributed by atoms with E-state index in [1.54, 1.807) is 12.1 Å². The Hall–Kier alpha value is -1.71. The van der Waals surface area contributed by atoms with Crippen LogP contribution in [0.4, 0.5) is 5.69 Å². The number of nitrogen functional groups attached to an aromatic ring is 1. The van der Waals surface area contributed by atoms with Crippen molar-refractivity contribution in [1.29, 1.82) is 0 Å². The molecular weight excluding hydrogens is 252 g/mol. The van der Waals surface area contributed by atoms with Gasteiger partial charge in [-0.2, -0.15) is 0 Å². The fourth-order valence-corrected chi connectivity index (χ4v) is 2.86. The normalized spacial score (nSPS) is 22.6. The fraction of sp³-hybridized carbons (Fsp3) is 0.562. The maximum atomic E-state index is 12.3. The number of amides is 1. The highest BCUT2D eigenvalue weighted by molar-refractivity contribution is 5.77. The highest BCUT2D eigenvalue weighted by Gasteiger charge is 2.28. The summed E-state index contributed by atoms with van der Waals surface area (Å²) in [5.74, 6) is 0.951. The number of hydrogen-bond donors (Lipinski definition) is 1. The van der Waals surface area contributed by atoms with Gasteiger partial charge in [-0.3, -0.25) is 4.79 Å². The molecule has 20 heavy (non-hydrogen) atoms. The average molecular weight is 276 g/mol. The van der Waals surface area contributed by atoms with Crippen LogP contribution in [0.3, 0.4) is 0 Å². The summed E-state index contributed by atoms with van der Waals surface area (Å²) < 4.78 is 5.59. The van der Waals surface area contributed by atoms with Crippen LogP contribution < -0.4 is 10.5 Å². The first-order valence-electron chi connectivity index (χ1n) is 7.37. The van der Waals surface area contributed by atoms with Gasteiger partial charge in [0.2, 0.25) is 5.91 Å². The van der Waals surface area contributed by atoms with Crippen LogP contribution in [0.15, 0.2) is 24.3 Å². The van der Waals surface area contributed by atoms with Gasteiger partial charge in [0.05, 0.1) is 13.0 Å². The Bertz CT molecular complexity index is 434. The van der Waals surface area contributed by atoms with Gasteiger partial charge in [0.25, 0.3) is 0 Å². The molecule has 0 radical (unpaired) electrons. The zero-order valence-electron chi connectivity index (χ0n) is 12.3. The van der Waals surface area contributed by atoms with Crippen molar-refractivity contribution in [3.63, 3.8) is 0 Å². The van der Waals surface area contributed by atoms with Gasteiger partial charge in [-0.25, -0.2) is 0 Å². The molecule has 0 spiro atoms. The topological polar surface area (TPSA) is 55.6 Å². The van der Waals surface area contributed by atoms with E-state index in [1.807, 2.05) is 17.0 Å². The second-order valence-electron chi connectivity index (χ2n) is 5.60. The number of hydrogen-bond acceptors (Lipinski definition) is 3. The third kappa shape index (κ3) is 3.65. The van der Waals surface area contributed by atoms with Gasteiger partial charge in [0.15, 0.2) is 0 Å². The van der Waals surface area contributed by atoms with Crippen LogP contribution in [0.1, 0.15) is 39.5 Å². The largest absolute Gasteiger partial charge is 0.493 e. The molecule has 1 heterocycles. The van der Waals surface area contributed by atoms with E-state index in [-0.39, 0.29) is 5.91 Å². The lowest BCUT2D eigenvalue weighted by Gasteiger charge is -2.39. The maximum absolute atomic E-state index is 12.3. The summed E-state index contributed by atoms with van der Waals surface area (Å²) in [6.07, 6.45) is 3.86. The van der Waals surface area contributed by atoms with Gasteiger partial charge in [0, 0.05) is 17.8 Å². The van der Waals surface area contributed by atoms with Crippen molar-refractivity contribution in [2.45, 2.75) is 51.6 Å². The van der Waals surface area contributed by atoms with E-state index in [1.165, 1.54) is 6.42 Å². The first-order chi connectivity index (χ1) is 9.58. The predicted molar refractivity (Wildman–Crippen MR) is 80.6 cm³/mol. The quantitative estimate of drug-likeness (QED) is 0.860. The molecule has 2 unspecified atom stereocenters. The van der Waals surface area contributed by atoms with Crippen molar-refractivity contribution in [3.8, 4) is 5.75 Å². The third-order valence-electron chi connectivity index (χ3n) is 3.95. The SMILES string of the molecule is CC1CCCC(C)N1C(=O)CCOc1ccc(N)cc1. The Kier molecular flexibility index (Phi) is 4.88. The molecule has 1 amide bonds. The molecule has 1 aromatic rings. The van der Waals surface area contributed by atoms with Crippen molar-refractivity contribution < 1.29 is 9.53 Å². The zero-order chi connectivity index (χ0) is 14.5. The number of carbonyl (C=O) groups excluding carboxylic acids is 1. The van der Waals surface area contributed by atoms with E-state index in [4.69, 9.17) is 10.5 Å². The number of nitrogens with zero attached hydrogens (tertiary/aromatic N) is 1. The molecule has 110 valence electrons. The zero-order valence-corrected chi connectivity index (χ0v) is 12.3. The number of benzene rings is 1. The molecule has 0 saturated carbocycles. The van der Waals surface area contributed by atoms with Gasteiger partial charge in [0.1, 0.15) is 5.75 Å². The van der Waals surface area contributed by atoms with Crippen LogP contribution in [-0.4, -0.2) is 29.5 Å². The molecule has 2 atom stereocenters. The minimum atomic E-state index is 0.195. The maximum Gasteiger partial charge on any atom is 0.226 e. The number of anilines is 1. The molecule has 1 aliphatic heterocycles. The Morgan fingerprint density at radius 3 is 2.45 bits per heavy atom. The summed E-state index contributed by atoms with van der Waals surface area (Å²) in [5, 5.41) is 0. The molecule has 2 N–H and O–H groups in total. The van der Waals surface area contributed by atoms with Gasteiger partial charge < -0.3 is 15.4 Å². The monoisotopic (exact) mass is 276 g/mol. The summed E-state index contributed by atoms with van der Waals surface area (Å²) in [7, 11) is 0. The molecule has 1 aromatic carbocycles. The lowest BCUT2D eigenvalue weighted by Crippen LogP contribution is -2.47. The predicted octanol–water partition coefficient (Wildman–Crippen LogP) is 2.83. The van der Waals surface area contributed by atoms with E-state index < -0.39 is 0 Å². The summed E-state index contributed by atoms with van der Waals surface area (Å²) in [6, 6.07) is 7.95. The molecule has 1 saturated heterocycles. The van der Waals surface area contributed by atoms with E-state index in [9.17, 15) is 4.79 Å². The molecule has 0 aliphatic carbocycles. The fourth-order valence-electron chi connectivity index (χ4n) is 2.86. The average Bonchev–Trinajstić information content (AvgIpc) is 2.41. The minimum Gasteiger partial charge on any atom is -0.493 e. The van der Waals surface area contributed by atoms with Crippen molar-refractivity contribution in [3.05, 3.63) is 24.3 Å². The lowest BCUT2D eigenvalue weighted by atomic mass is 9.97. The number of rotatable bonds is 4. The highest BCUT2D eigenvalue weighted by Crippen LogP contribution is 2.23. The van der Waals surface area contributed by atoms with Gasteiger partial charge in [-0.1, -0.05) is 0 Å². The lowest BCUT2D eigenvalue weighted by molar-refractivity contribution is -0.137. The molecule has 4 heteroatoms. The van der Waals surface area contributed by atoms with Crippen LogP contribution in [0.5, 0.6) is 5.75 Å². The molecule has 0 bridgehead atoms. The van der Waals surface area contributed by atoms with Crippen molar-refractivity contribution in [2.75, 3.05) is 12.3 Å². The second kappa shape index (κ2) is 6.64. The Morgan fingerprint density at radius 1 is 1.25 bits per heavy atom. The van der Waals surface area contributed by atoms with Gasteiger partial charge in [-0.05, 0) is 57.4 Å². The first-order valence-corrected chi connectivity index (χ1v) is 7.37. The molecule has 1 aliphatic rings. The third-order valence-corrected chi connectivity index (χ3v) is 3.95. The number of likely N-dealkylation sites (tertiary alicyclic amines) is 1. The van der Waals surface area contributed by atoms with Crippen molar-refractivity contribution in [1.82, 2.24) is 4.90 Å². The minimum absolute atomic E-state index is 0.195. The number of ether oxygens (including phenoxy) is 1. The molecule has 4 nitrogen and oxygen atoms in total. The summed E-state index contributed by atoms with van der Waals surface area (Å²) in [4.78, 5) is 14.3. The Morgan fingerprint density at radius 2 is 1.85 bits per heavy atom. The number of nitrogens with two attached hydrogens (primary N) is 1. The molecule has 0 aromatic heterocycles. The first kappa shape index (κ1) is 14.7. The standard InChI is InChI=1S/C16H24N2O2/c1-12-4-3-5-13(2)18(12)16(19)10-11-20-15-8-6-14(17)7-9-15/h6-9,12-13H,3-5,10-11,17H2,1-2H3. The van der Waals surface area contributed by atoms with Crippen LogP contribution >= 0.6 is 0 Å². The Balaban J connectivity index is 1.81. The molecular formula is C16H24N2O2. The van der Waals surface area contributed by atoms with Crippen molar-refractivity contribution >= 4 is 11.6 Å². The number of piperidine rings is 1. The number of carbonyl (C=O) groups is 1. The molecule has 2 rings (SSSR count). The van der Waals surface area contributed by atoms with Gasteiger partial charge >= 0.3 is 0 Å². The van der Waals surface area contributed by atoms with Crippen LogP contribution in [-0.2, 0) is 4.79 Å². The summed E-state index contributed by atoms with van der Waals surface area (Å²) >= 11 is 0. The van der Waals surface area contributed by atoms with E-state index >= 15 is 0 Å². The van der Waals surface area contributed by atoms with E-state index in [0.29, 0.717) is 30.8 Å². The summed E-state index contributed by atoms with van der Waals surface area (Å²) in [6.45, 7) is 4.68. The summed E-state index contributed by atoms with van der Waals surface area (Å²) in [5.41, 5.74) is 6.33. The highest BCUT2D eigenvalue weighted by atomic mass is 16.5. The van der Waals surface area contributed by atoms with Gasteiger partial charge in [-0.15, -0.1) is 0 Å².